The number of aromatic nitrogens is 1. The number of halogens is 3. The van der Waals surface area contributed by atoms with Crippen molar-refractivity contribution in [2.45, 2.75) is 13.0 Å². The Morgan fingerprint density at radius 2 is 2.05 bits per heavy atom. The molecular formula is C13H11BrF2N2O. The number of ether oxygens (including phenoxy) is 1. The van der Waals surface area contributed by atoms with E-state index in [1.54, 1.807) is 19.1 Å². The average molecular weight is 329 g/mol. The number of hydrogen-bond acceptors (Lipinski definition) is 3. The number of nitrogens with two attached hydrogens (primary N) is 1. The molecule has 0 fully saturated rings. The summed E-state index contributed by atoms with van der Waals surface area (Å²) in [4.78, 5) is 3.94. The Kier molecular flexibility index (Phi) is 4.11. The third-order valence-corrected chi connectivity index (χ3v) is 2.92. The van der Waals surface area contributed by atoms with Gasteiger partial charge in [-0.1, -0.05) is 15.9 Å². The number of pyridine rings is 1. The Bertz CT molecular complexity index is 605. The Morgan fingerprint density at radius 3 is 2.74 bits per heavy atom. The monoisotopic (exact) mass is 328 g/mol. The summed E-state index contributed by atoms with van der Waals surface area (Å²) in [6, 6.07) is 5.47. The van der Waals surface area contributed by atoms with E-state index >= 15 is 0 Å². The summed E-state index contributed by atoms with van der Waals surface area (Å²) in [5, 5.41) is 0. The average Bonchev–Trinajstić information content (AvgIpc) is 2.35. The molecule has 0 aliphatic heterocycles. The first kappa shape index (κ1) is 13.9. The minimum atomic E-state index is -1.06. The van der Waals surface area contributed by atoms with Gasteiger partial charge in [0.15, 0.2) is 11.6 Å². The molecule has 100 valence electrons. The van der Waals surface area contributed by atoms with Crippen LogP contribution in [0.5, 0.6) is 11.6 Å². The molecule has 6 heteroatoms. The largest absolute Gasteiger partial charge is 0.436 e. The highest BCUT2D eigenvalue weighted by Crippen LogP contribution is 2.29. The van der Waals surface area contributed by atoms with Crippen molar-refractivity contribution < 1.29 is 13.5 Å². The van der Waals surface area contributed by atoms with Crippen LogP contribution in [0.3, 0.4) is 0 Å². The van der Waals surface area contributed by atoms with Gasteiger partial charge < -0.3 is 10.5 Å². The maximum Gasteiger partial charge on any atom is 0.219 e. The lowest BCUT2D eigenvalue weighted by Crippen LogP contribution is -2.05. The molecule has 0 saturated heterocycles. The van der Waals surface area contributed by atoms with Crippen molar-refractivity contribution in [3.05, 3.63) is 52.1 Å². The van der Waals surface area contributed by atoms with Crippen LogP contribution in [0.2, 0.25) is 0 Å². The van der Waals surface area contributed by atoms with E-state index in [-0.39, 0.29) is 17.7 Å². The van der Waals surface area contributed by atoms with E-state index in [1.165, 1.54) is 12.3 Å². The maximum atomic E-state index is 13.6. The van der Waals surface area contributed by atoms with Gasteiger partial charge in [0, 0.05) is 22.8 Å². The molecule has 1 aromatic carbocycles. The summed E-state index contributed by atoms with van der Waals surface area (Å²) in [5.74, 6) is -2.13. The van der Waals surface area contributed by atoms with Crippen molar-refractivity contribution in [2.24, 2.45) is 5.73 Å². The zero-order valence-corrected chi connectivity index (χ0v) is 11.6. The van der Waals surface area contributed by atoms with Gasteiger partial charge in [-0.25, -0.2) is 9.37 Å². The van der Waals surface area contributed by atoms with Gasteiger partial charge in [0.2, 0.25) is 11.7 Å². The Hall–Kier alpha value is -1.53. The fraction of sp³-hybridized carbons (Fsp3) is 0.154. The molecule has 2 rings (SSSR count). The van der Waals surface area contributed by atoms with Crippen molar-refractivity contribution in [1.82, 2.24) is 4.98 Å². The molecule has 0 saturated carbocycles. The molecule has 0 spiro atoms. The number of hydrogen-bond donors (Lipinski definition) is 1. The highest BCUT2D eigenvalue weighted by molar-refractivity contribution is 9.10. The topological polar surface area (TPSA) is 48.1 Å². The van der Waals surface area contributed by atoms with Gasteiger partial charge in [0.25, 0.3) is 0 Å². The Balaban J connectivity index is 2.33. The van der Waals surface area contributed by atoms with Gasteiger partial charge in [-0.15, -0.1) is 0 Å². The zero-order valence-electron chi connectivity index (χ0n) is 10.0. The molecule has 3 nitrogen and oxygen atoms in total. The van der Waals surface area contributed by atoms with E-state index in [4.69, 9.17) is 10.5 Å². The molecule has 19 heavy (non-hydrogen) atoms. The van der Waals surface area contributed by atoms with Crippen molar-refractivity contribution in [1.29, 1.82) is 0 Å². The van der Waals surface area contributed by atoms with Gasteiger partial charge >= 0.3 is 0 Å². The van der Waals surface area contributed by atoms with Gasteiger partial charge in [-0.05, 0) is 30.7 Å². The summed E-state index contributed by atoms with van der Waals surface area (Å²) in [6.07, 6.45) is 1.50. The first-order valence-corrected chi connectivity index (χ1v) is 6.30. The van der Waals surface area contributed by atoms with Crippen LogP contribution in [0.1, 0.15) is 18.5 Å². The van der Waals surface area contributed by atoms with E-state index in [0.717, 1.165) is 11.6 Å². The van der Waals surface area contributed by atoms with E-state index < -0.39 is 11.6 Å². The molecule has 2 N–H and O–H groups in total. The van der Waals surface area contributed by atoms with E-state index in [2.05, 4.69) is 20.9 Å². The molecule has 0 bridgehead atoms. The van der Waals surface area contributed by atoms with Crippen LogP contribution < -0.4 is 10.5 Å². The Morgan fingerprint density at radius 1 is 1.32 bits per heavy atom. The predicted molar refractivity (Wildman–Crippen MR) is 71.0 cm³/mol. The second-order valence-electron chi connectivity index (χ2n) is 4.02. The quantitative estimate of drug-likeness (QED) is 0.868. The summed E-state index contributed by atoms with van der Waals surface area (Å²) in [7, 11) is 0. The van der Waals surface area contributed by atoms with Crippen LogP contribution in [0.15, 0.2) is 34.9 Å². The minimum Gasteiger partial charge on any atom is -0.436 e. The van der Waals surface area contributed by atoms with Gasteiger partial charge in [0.1, 0.15) is 0 Å². The molecule has 0 unspecified atom stereocenters. The van der Waals surface area contributed by atoms with Gasteiger partial charge in [0.05, 0.1) is 0 Å². The number of rotatable bonds is 3. The van der Waals surface area contributed by atoms with Crippen LogP contribution in [-0.2, 0) is 0 Å². The molecule has 1 heterocycles. The molecule has 2 aromatic rings. The lowest BCUT2D eigenvalue weighted by molar-refractivity contribution is 0.404. The third kappa shape index (κ3) is 3.27. The molecule has 0 radical (unpaired) electrons. The standard InChI is InChI=1S/C13H11BrF2N2O/c1-7(17)8-2-3-18-12(4-8)19-11-6-9(14)5-10(15)13(11)16/h2-7H,17H2,1H3/t7-/m1/s1. The first-order valence-electron chi connectivity index (χ1n) is 5.51. The van der Waals surface area contributed by atoms with Crippen molar-refractivity contribution in [2.75, 3.05) is 0 Å². The van der Waals surface area contributed by atoms with Crippen LogP contribution in [-0.4, -0.2) is 4.98 Å². The normalized spacial score (nSPS) is 12.3. The second kappa shape index (κ2) is 5.63. The second-order valence-corrected chi connectivity index (χ2v) is 4.93. The maximum absolute atomic E-state index is 13.6. The van der Waals surface area contributed by atoms with E-state index in [1.807, 2.05) is 0 Å². The minimum absolute atomic E-state index is 0.159. The predicted octanol–water partition coefficient (Wildman–Crippen LogP) is 3.93. The summed E-state index contributed by atoms with van der Waals surface area (Å²) in [6.45, 7) is 1.80. The van der Waals surface area contributed by atoms with Crippen molar-refractivity contribution in [3.8, 4) is 11.6 Å². The molecule has 1 aromatic heterocycles. The molecular weight excluding hydrogens is 318 g/mol. The summed E-state index contributed by atoms with van der Waals surface area (Å²) < 4.78 is 32.4. The molecule has 1 atom stereocenters. The SMILES string of the molecule is C[C@@H](N)c1ccnc(Oc2cc(Br)cc(F)c2F)c1. The van der Waals surface area contributed by atoms with Crippen molar-refractivity contribution >= 4 is 15.9 Å². The third-order valence-electron chi connectivity index (χ3n) is 2.46. The highest BCUT2D eigenvalue weighted by Gasteiger charge is 2.13. The molecule has 0 amide bonds. The smallest absolute Gasteiger partial charge is 0.219 e. The molecule has 0 aliphatic carbocycles. The van der Waals surface area contributed by atoms with Crippen LogP contribution >= 0.6 is 15.9 Å². The lowest BCUT2D eigenvalue weighted by atomic mass is 10.1. The fourth-order valence-electron chi connectivity index (χ4n) is 1.48. The Labute approximate surface area is 117 Å². The fourth-order valence-corrected chi connectivity index (χ4v) is 1.89. The first-order chi connectivity index (χ1) is 8.97. The summed E-state index contributed by atoms with van der Waals surface area (Å²) >= 11 is 3.07. The molecule has 0 aliphatic rings. The van der Waals surface area contributed by atoms with E-state index in [9.17, 15) is 8.78 Å². The zero-order chi connectivity index (χ0) is 14.0. The van der Waals surface area contributed by atoms with E-state index in [0.29, 0.717) is 4.47 Å². The summed E-state index contributed by atoms with van der Waals surface area (Å²) in [5.41, 5.74) is 6.52. The van der Waals surface area contributed by atoms with Crippen molar-refractivity contribution in [3.63, 3.8) is 0 Å². The van der Waals surface area contributed by atoms with Gasteiger partial charge in [-0.3, -0.25) is 0 Å². The number of benzene rings is 1. The van der Waals surface area contributed by atoms with Crippen LogP contribution in [0.4, 0.5) is 8.78 Å². The van der Waals surface area contributed by atoms with Crippen LogP contribution in [0, 0.1) is 11.6 Å². The lowest BCUT2D eigenvalue weighted by Gasteiger charge is -2.10. The van der Waals surface area contributed by atoms with Gasteiger partial charge in [-0.2, -0.15) is 4.39 Å². The number of nitrogens with zero attached hydrogens (tertiary/aromatic N) is 1. The van der Waals surface area contributed by atoms with Crippen LogP contribution in [0.25, 0.3) is 0 Å². The highest BCUT2D eigenvalue weighted by atomic mass is 79.9.